The SMILES string of the molecule is CC(C)C(=O)Nc1cc(-c2ccccc2)no1. The van der Waals surface area contributed by atoms with Gasteiger partial charge in [0, 0.05) is 17.5 Å². The molecular weight excluding hydrogens is 216 g/mol. The van der Waals surface area contributed by atoms with E-state index in [-0.39, 0.29) is 11.8 Å². The Morgan fingerprint density at radius 3 is 2.65 bits per heavy atom. The quantitative estimate of drug-likeness (QED) is 0.881. The van der Waals surface area contributed by atoms with E-state index >= 15 is 0 Å². The van der Waals surface area contributed by atoms with Crippen molar-refractivity contribution in [1.82, 2.24) is 5.16 Å². The summed E-state index contributed by atoms with van der Waals surface area (Å²) in [5.41, 5.74) is 1.67. The zero-order valence-corrected chi connectivity index (χ0v) is 9.81. The summed E-state index contributed by atoms with van der Waals surface area (Å²) in [4.78, 5) is 11.5. The predicted octanol–water partition coefficient (Wildman–Crippen LogP) is 2.94. The lowest BCUT2D eigenvalue weighted by Crippen LogP contribution is -2.17. The van der Waals surface area contributed by atoms with Gasteiger partial charge in [-0.05, 0) is 0 Å². The molecule has 0 unspecified atom stereocenters. The lowest BCUT2D eigenvalue weighted by Gasteiger charge is -2.02. The third kappa shape index (κ3) is 2.72. The van der Waals surface area contributed by atoms with Crippen molar-refractivity contribution in [2.24, 2.45) is 5.92 Å². The first-order valence-corrected chi connectivity index (χ1v) is 5.50. The number of rotatable bonds is 3. The predicted molar refractivity (Wildman–Crippen MR) is 65.4 cm³/mol. The Bertz CT molecular complexity index is 503. The molecule has 4 nitrogen and oxygen atoms in total. The van der Waals surface area contributed by atoms with Gasteiger partial charge < -0.3 is 4.52 Å². The van der Waals surface area contributed by atoms with Crippen LogP contribution >= 0.6 is 0 Å². The number of anilines is 1. The van der Waals surface area contributed by atoms with E-state index in [4.69, 9.17) is 4.52 Å². The first-order chi connectivity index (χ1) is 8.16. The van der Waals surface area contributed by atoms with E-state index in [1.54, 1.807) is 6.07 Å². The van der Waals surface area contributed by atoms with Crippen LogP contribution in [-0.2, 0) is 4.79 Å². The Balaban J connectivity index is 2.14. The Hall–Kier alpha value is -2.10. The van der Waals surface area contributed by atoms with Crippen molar-refractivity contribution in [3.63, 3.8) is 0 Å². The van der Waals surface area contributed by atoms with Gasteiger partial charge in [0.1, 0.15) is 5.69 Å². The fourth-order valence-corrected chi connectivity index (χ4v) is 1.34. The van der Waals surface area contributed by atoms with E-state index in [2.05, 4.69) is 10.5 Å². The van der Waals surface area contributed by atoms with E-state index in [0.29, 0.717) is 11.6 Å². The topological polar surface area (TPSA) is 55.1 Å². The third-order valence-corrected chi connectivity index (χ3v) is 2.35. The van der Waals surface area contributed by atoms with Crippen LogP contribution in [0.1, 0.15) is 13.8 Å². The maximum absolute atomic E-state index is 11.5. The number of aromatic nitrogens is 1. The molecule has 2 aromatic rings. The molecule has 1 N–H and O–H groups in total. The zero-order chi connectivity index (χ0) is 12.3. The number of nitrogens with zero attached hydrogens (tertiary/aromatic N) is 1. The lowest BCUT2D eigenvalue weighted by atomic mass is 10.1. The van der Waals surface area contributed by atoms with Crippen molar-refractivity contribution in [1.29, 1.82) is 0 Å². The van der Waals surface area contributed by atoms with Gasteiger partial charge in [0.2, 0.25) is 11.8 Å². The van der Waals surface area contributed by atoms with Crippen LogP contribution in [0.25, 0.3) is 11.3 Å². The molecule has 88 valence electrons. The van der Waals surface area contributed by atoms with Crippen molar-refractivity contribution in [2.75, 3.05) is 5.32 Å². The molecule has 0 atom stereocenters. The summed E-state index contributed by atoms with van der Waals surface area (Å²) < 4.78 is 5.06. The molecule has 2 rings (SSSR count). The van der Waals surface area contributed by atoms with E-state index in [9.17, 15) is 4.79 Å². The van der Waals surface area contributed by atoms with Gasteiger partial charge in [0.05, 0.1) is 0 Å². The highest BCUT2D eigenvalue weighted by atomic mass is 16.5. The van der Waals surface area contributed by atoms with Gasteiger partial charge in [-0.3, -0.25) is 10.1 Å². The van der Waals surface area contributed by atoms with Crippen molar-refractivity contribution in [2.45, 2.75) is 13.8 Å². The smallest absolute Gasteiger partial charge is 0.231 e. The molecule has 0 aliphatic rings. The molecule has 1 aromatic carbocycles. The van der Waals surface area contributed by atoms with Gasteiger partial charge in [0.15, 0.2) is 0 Å². The number of hydrogen-bond acceptors (Lipinski definition) is 3. The highest BCUT2D eigenvalue weighted by Gasteiger charge is 2.11. The number of carbonyl (C=O) groups is 1. The Labute approximate surface area is 99.6 Å². The van der Waals surface area contributed by atoms with E-state index in [1.807, 2.05) is 44.2 Å². The number of amides is 1. The van der Waals surface area contributed by atoms with Crippen LogP contribution in [0.2, 0.25) is 0 Å². The number of carbonyl (C=O) groups excluding carboxylic acids is 1. The molecule has 0 aliphatic carbocycles. The fourth-order valence-electron chi connectivity index (χ4n) is 1.34. The highest BCUT2D eigenvalue weighted by molar-refractivity contribution is 5.91. The zero-order valence-electron chi connectivity index (χ0n) is 9.81. The Morgan fingerprint density at radius 1 is 1.29 bits per heavy atom. The molecule has 0 spiro atoms. The minimum Gasteiger partial charge on any atom is -0.338 e. The molecule has 1 aromatic heterocycles. The normalized spacial score (nSPS) is 10.5. The summed E-state index contributed by atoms with van der Waals surface area (Å²) in [6.45, 7) is 3.65. The Kier molecular flexibility index (Phi) is 3.23. The van der Waals surface area contributed by atoms with Crippen LogP contribution in [0.15, 0.2) is 40.9 Å². The molecule has 0 radical (unpaired) electrons. The maximum Gasteiger partial charge on any atom is 0.231 e. The summed E-state index contributed by atoms with van der Waals surface area (Å²) in [6, 6.07) is 11.4. The largest absolute Gasteiger partial charge is 0.338 e. The molecule has 0 saturated heterocycles. The first-order valence-electron chi connectivity index (χ1n) is 5.50. The fraction of sp³-hybridized carbons (Fsp3) is 0.231. The molecule has 17 heavy (non-hydrogen) atoms. The summed E-state index contributed by atoms with van der Waals surface area (Å²) in [7, 11) is 0. The van der Waals surface area contributed by atoms with Crippen LogP contribution in [0.4, 0.5) is 5.88 Å². The Morgan fingerprint density at radius 2 is 2.00 bits per heavy atom. The van der Waals surface area contributed by atoms with Gasteiger partial charge in [-0.15, -0.1) is 0 Å². The van der Waals surface area contributed by atoms with Crippen LogP contribution in [-0.4, -0.2) is 11.1 Å². The minimum absolute atomic E-state index is 0.0826. The van der Waals surface area contributed by atoms with Crippen molar-refractivity contribution < 1.29 is 9.32 Å². The van der Waals surface area contributed by atoms with Crippen LogP contribution < -0.4 is 5.32 Å². The number of nitrogens with one attached hydrogen (secondary N) is 1. The van der Waals surface area contributed by atoms with Crippen LogP contribution in [0.3, 0.4) is 0 Å². The average molecular weight is 230 g/mol. The molecule has 0 bridgehead atoms. The first kappa shape index (κ1) is 11.4. The lowest BCUT2D eigenvalue weighted by molar-refractivity contribution is -0.119. The molecule has 4 heteroatoms. The van der Waals surface area contributed by atoms with Gasteiger partial charge >= 0.3 is 0 Å². The summed E-state index contributed by atoms with van der Waals surface area (Å²) in [5.74, 6) is 0.212. The van der Waals surface area contributed by atoms with Gasteiger partial charge in [0.25, 0.3) is 0 Å². The second-order valence-electron chi connectivity index (χ2n) is 4.09. The summed E-state index contributed by atoms with van der Waals surface area (Å²) in [6.07, 6.45) is 0. The maximum atomic E-state index is 11.5. The monoisotopic (exact) mass is 230 g/mol. The summed E-state index contributed by atoms with van der Waals surface area (Å²) >= 11 is 0. The summed E-state index contributed by atoms with van der Waals surface area (Å²) in [5, 5.41) is 6.57. The van der Waals surface area contributed by atoms with Crippen molar-refractivity contribution in [3.05, 3.63) is 36.4 Å². The molecule has 0 aliphatic heterocycles. The molecular formula is C13H14N2O2. The second-order valence-corrected chi connectivity index (χ2v) is 4.09. The molecule has 0 fully saturated rings. The van der Waals surface area contributed by atoms with Gasteiger partial charge in [-0.2, -0.15) is 0 Å². The highest BCUT2D eigenvalue weighted by Crippen LogP contribution is 2.21. The molecule has 1 heterocycles. The van der Waals surface area contributed by atoms with Gasteiger partial charge in [-0.25, -0.2) is 0 Å². The molecule has 0 saturated carbocycles. The average Bonchev–Trinajstić information content (AvgIpc) is 2.78. The number of hydrogen-bond donors (Lipinski definition) is 1. The van der Waals surface area contributed by atoms with Crippen LogP contribution in [0, 0.1) is 5.92 Å². The van der Waals surface area contributed by atoms with E-state index < -0.39 is 0 Å². The second kappa shape index (κ2) is 4.82. The minimum atomic E-state index is -0.0831. The van der Waals surface area contributed by atoms with Crippen LogP contribution in [0.5, 0.6) is 0 Å². The van der Waals surface area contributed by atoms with E-state index in [1.165, 1.54) is 0 Å². The number of benzene rings is 1. The van der Waals surface area contributed by atoms with Gasteiger partial charge in [-0.1, -0.05) is 49.3 Å². The van der Waals surface area contributed by atoms with Crippen molar-refractivity contribution in [3.8, 4) is 11.3 Å². The van der Waals surface area contributed by atoms with E-state index in [0.717, 1.165) is 5.56 Å². The van der Waals surface area contributed by atoms with Crippen molar-refractivity contribution >= 4 is 11.8 Å². The standard InChI is InChI=1S/C13H14N2O2/c1-9(2)13(16)14-12-8-11(15-17-12)10-6-4-3-5-7-10/h3-9H,1-2H3,(H,14,16). The molecule has 1 amide bonds. The third-order valence-electron chi connectivity index (χ3n) is 2.35.